The maximum Gasteiger partial charge on any atom is 0.254 e. The Morgan fingerprint density at radius 2 is 1.83 bits per heavy atom. The molecule has 1 amide bonds. The van der Waals surface area contributed by atoms with Crippen molar-refractivity contribution in [2.45, 2.75) is 33.4 Å². The quantitative estimate of drug-likeness (QED) is 0.295. The maximum atomic E-state index is 13.9. The first-order valence-corrected chi connectivity index (χ1v) is 14.1. The van der Waals surface area contributed by atoms with E-state index in [1.54, 1.807) is 11.0 Å². The summed E-state index contributed by atoms with van der Waals surface area (Å²) >= 11 is 0. The molecule has 9 heteroatoms. The SMILES string of the molecule is Cc1noc(C)c1-c1ccc2c(c1)Cc1cccc(c1)CN(C(=O)c1ccccc1Cn1cncn1)CCOCCO2. The normalized spacial score (nSPS) is 14.1. The molecule has 1 aliphatic heterocycles. The molecule has 9 nitrogen and oxygen atoms in total. The summed E-state index contributed by atoms with van der Waals surface area (Å²) in [4.78, 5) is 19.8. The van der Waals surface area contributed by atoms with Crippen LogP contribution in [0.2, 0.25) is 0 Å². The van der Waals surface area contributed by atoms with Crippen LogP contribution in [0.1, 0.15) is 44.1 Å². The molecular formula is C33H33N5O4. The van der Waals surface area contributed by atoms with E-state index in [0.29, 0.717) is 51.4 Å². The van der Waals surface area contributed by atoms with Gasteiger partial charge >= 0.3 is 0 Å². The molecule has 214 valence electrons. The van der Waals surface area contributed by atoms with Crippen LogP contribution in [0.25, 0.3) is 11.1 Å². The van der Waals surface area contributed by atoms with Crippen LogP contribution in [0, 0.1) is 13.8 Å². The van der Waals surface area contributed by atoms with Crippen LogP contribution in [0.5, 0.6) is 5.75 Å². The monoisotopic (exact) mass is 563 g/mol. The van der Waals surface area contributed by atoms with E-state index in [1.165, 1.54) is 6.33 Å². The van der Waals surface area contributed by atoms with Gasteiger partial charge in [-0.25, -0.2) is 9.67 Å². The first-order chi connectivity index (χ1) is 20.5. The molecule has 5 aromatic rings. The van der Waals surface area contributed by atoms with Crippen molar-refractivity contribution in [1.29, 1.82) is 0 Å². The number of ether oxygens (including phenoxy) is 2. The van der Waals surface area contributed by atoms with Crippen molar-refractivity contribution >= 4 is 5.91 Å². The largest absolute Gasteiger partial charge is 0.491 e. The van der Waals surface area contributed by atoms with Gasteiger partial charge in [0.25, 0.3) is 5.91 Å². The third kappa shape index (κ3) is 6.11. The van der Waals surface area contributed by atoms with Gasteiger partial charge in [0.05, 0.1) is 25.5 Å². The highest BCUT2D eigenvalue weighted by Crippen LogP contribution is 2.32. The standard InChI is InChI=1S/C33H33N5O4/c1-23-32(24(2)42-36-23)27-10-11-31-29(18-27)17-25-6-5-7-26(16-25)19-37(12-13-40-14-15-41-31)33(39)30-9-4-3-8-28(30)20-38-22-34-21-35-38/h3-11,16,18,21-22H,12-15,17,19-20H2,1-2H3. The summed E-state index contributed by atoms with van der Waals surface area (Å²) in [5.74, 6) is 1.58. The molecule has 3 heterocycles. The molecule has 1 aliphatic rings. The Balaban J connectivity index is 1.29. The molecule has 0 spiro atoms. The molecular weight excluding hydrogens is 530 g/mol. The average Bonchev–Trinajstić information content (AvgIpc) is 3.63. The highest BCUT2D eigenvalue weighted by molar-refractivity contribution is 5.95. The van der Waals surface area contributed by atoms with Crippen molar-refractivity contribution in [3.05, 3.63) is 119 Å². The molecule has 0 unspecified atom stereocenters. The molecule has 2 bridgehead atoms. The molecule has 0 fully saturated rings. The van der Waals surface area contributed by atoms with Gasteiger partial charge in [0, 0.05) is 30.6 Å². The highest BCUT2D eigenvalue weighted by Gasteiger charge is 2.21. The van der Waals surface area contributed by atoms with Crippen molar-refractivity contribution in [1.82, 2.24) is 24.8 Å². The van der Waals surface area contributed by atoms with Crippen LogP contribution in [0.15, 0.2) is 83.9 Å². The highest BCUT2D eigenvalue weighted by atomic mass is 16.5. The van der Waals surface area contributed by atoms with Crippen LogP contribution >= 0.6 is 0 Å². The van der Waals surface area contributed by atoms with E-state index in [0.717, 1.165) is 50.6 Å². The van der Waals surface area contributed by atoms with Gasteiger partial charge in [-0.3, -0.25) is 4.79 Å². The van der Waals surface area contributed by atoms with E-state index >= 15 is 0 Å². The van der Waals surface area contributed by atoms with Gasteiger partial charge in [-0.05, 0) is 59.9 Å². The van der Waals surface area contributed by atoms with E-state index < -0.39 is 0 Å². The number of rotatable bonds is 4. The van der Waals surface area contributed by atoms with Gasteiger partial charge in [0.2, 0.25) is 0 Å². The summed E-state index contributed by atoms with van der Waals surface area (Å²) < 4.78 is 19.3. The molecule has 3 aromatic carbocycles. The number of benzene rings is 3. The predicted octanol–water partition coefficient (Wildman–Crippen LogP) is 5.24. The van der Waals surface area contributed by atoms with Crippen molar-refractivity contribution in [3.8, 4) is 16.9 Å². The molecule has 0 N–H and O–H groups in total. The van der Waals surface area contributed by atoms with Crippen LogP contribution in [0.3, 0.4) is 0 Å². The summed E-state index contributed by atoms with van der Waals surface area (Å²) in [6.45, 7) is 6.50. The van der Waals surface area contributed by atoms with Gasteiger partial charge in [0.1, 0.15) is 30.8 Å². The Kier molecular flexibility index (Phi) is 8.09. The van der Waals surface area contributed by atoms with E-state index in [2.05, 4.69) is 45.6 Å². The molecule has 42 heavy (non-hydrogen) atoms. The van der Waals surface area contributed by atoms with Crippen molar-refractivity contribution < 1.29 is 18.8 Å². The number of carbonyl (C=O) groups excluding carboxylic acids is 1. The topological polar surface area (TPSA) is 95.5 Å². The minimum absolute atomic E-state index is 0.0440. The Morgan fingerprint density at radius 1 is 0.952 bits per heavy atom. The predicted molar refractivity (Wildman–Crippen MR) is 157 cm³/mol. The fourth-order valence-electron chi connectivity index (χ4n) is 5.45. The lowest BCUT2D eigenvalue weighted by molar-refractivity contribution is 0.0570. The zero-order valence-electron chi connectivity index (χ0n) is 23.8. The fraction of sp³-hybridized carbons (Fsp3) is 0.273. The van der Waals surface area contributed by atoms with E-state index in [9.17, 15) is 4.79 Å². The van der Waals surface area contributed by atoms with Crippen LogP contribution < -0.4 is 4.74 Å². The van der Waals surface area contributed by atoms with Crippen LogP contribution in [-0.4, -0.2) is 57.1 Å². The van der Waals surface area contributed by atoms with Crippen molar-refractivity contribution in [3.63, 3.8) is 0 Å². The number of fused-ring (bicyclic) bond motifs is 3. The van der Waals surface area contributed by atoms with E-state index in [1.807, 2.05) is 55.1 Å². The van der Waals surface area contributed by atoms with Gasteiger partial charge in [-0.1, -0.05) is 53.7 Å². The van der Waals surface area contributed by atoms with Gasteiger partial charge in [0.15, 0.2) is 0 Å². The minimum atomic E-state index is -0.0440. The number of hydrogen-bond donors (Lipinski definition) is 0. The molecule has 0 atom stereocenters. The van der Waals surface area contributed by atoms with Crippen LogP contribution in [-0.2, 0) is 24.2 Å². The van der Waals surface area contributed by atoms with Gasteiger partial charge < -0.3 is 18.9 Å². The number of amides is 1. The lowest BCUT2D eigenvalue weighted by Crippen LogP contribution is -2.34. The van der Waals surface area contributed by atoms with Gasteiger partial charge in [-0.15, -0.1) is 0 Å². The Hall–Kier alpha value is -4.76. The Bertz CT molecular complexity index is 1660. The second kappa shape index (κ2) is 12.4. The summed E-state index contributed by atoms with van der Waals surface area (Å²) in [6, 6.07) is 22.3. The summed E-state index contributed by atoms with van der Waals surface area (Å²) in [5, 5.41) is 8.35. The lowest BCUT2D eigenvalue weighted by Gasteiger charge is -2.25. The summed E-state index contributed by atoms with van der Waals surface area (Å²) in [6.07, 6.45) is 3.82. The first kappa shape index (κ1) is 27.4. The molecule has 6 rings (SSSR count). The third-order valence-corrected chi connectivity index (χ3v) is 7.47. The second-order valence-corrected chi connectivity index (χ2v) is 10.5. The molecule has 0 radical (unpaired) electrons. The molecule has 0 saturated heterocycles. The van der Waals surface area contributed by atoms with E-state index in [-0.39, 0.29) is 5.91 Å². The van der Waals surface area contributed by atoms with Crippen molar-refractivity contribution in [2.75, 3.05) is 26.4 Å². The maximum absolute atomic E-state index is 13.9. The van der Waals surface area contributed by atoms with Crippen molar-refractivity contribution in [2.24, 2.45) is 0 Å². The lowest BCUT2D eigenvalue weighted by atomic mass is 9.96. The average molecular weight is 564 g/mol. The number of carbonyl (C=O) groups is 1. The van der Waals surface area contributed by atoms with Gasteiger partial charge in [-0.2, -0.15) is 5.10 Å². The Labute approximate surface area is 244 Å². The zero-order chi connectivity index (χ0) is 28.9. The number of hydrogen-bond acceptors (Lipinski definition) is 7. The summed E-state index contributed by atoms with van der Waals surface area (Å²) in [5.41, 5.74) is 7.71. The zero-order valence-corrected chi connectivity index (χ0v) is 23.8. The smallest absolute Gasteiger partial charge is 0.254 e. The molecule has 2 aromatic heterocycles. The second-order valence-electron chi connectivity index (χ2n) is 10.5. The number of aryl methyl sites for hydroxylation is 2. The Morgan fingerprint density at radius 3 is 2.67 bits per heavy atom. The van der Waals surface area contributed by atoms with Crippen LogP contribution in [0.4, 0.5) is 0 Å². The first-order valence-electron chi connectivity index (χ1n) is 14.1. The fourth-order valence-corrected chi connectivity index (χ4v) is 5.45. The number of aromatic nitrogens is 4. The molecule has 0 aliphatic carbocycles. The minimum Gasteiger partial charge on any atom is -0.491 e. The van der Waals surface area contributed by atoms with E-state index in [4.69, 9.17) is 14.0 Å². The summed E-state index contributed by atoms with van der Waals surface area (Å²) in [7, 11) is 0. The number of nitrogens with zero attached hydrogens (tertiary/aromatic N) is 5. The molecule has 0 saturated carbocycles. The third-order valence-electron chi connectivity index (χ3n) is 7.47.